The zero-order chi connectivity index (χ0) is 16.9. The number of benzene rings is 1. The SMILES string of the molecule is Cc1cc(C(=O)NCc2ccccc2)nc(N2CCC(C)CC2)n1. The number of piperidine rings is 1. The highest BCUT2D eigenvalue weighted by Gasteiger charge is 2.20. The van der Waals surface area contributed by atoms with E-state index >= 15 is 0 Å². The summed E-state index contributed by atoms with van der Waals surface area (Å²) in [6.45, 7) is 6.59. The average molecular weight is 324 g/mol. The van der Waals surface area contributed by atoms with Crippen LogP contribution in [0.25, 0.3) is 0 Å². The molecule has 2 aromatic rings. The maximum atomic E-state index is 12.4. The highest BCUT2D eigenvalue weighted by atomic mass is 16.1. The van der Waals surface area contributed by atoms with Crippen LogP contribution >= 0.6 is 0 Å². The van der Waals surface area contributed by atoms with Crippen molar-refractivity contribution in [1.29, 1.82) is 0 Å². The molecule has 0 saturated carbocycles. The standard InChI is InChI=1S/C19H24N4O/c1-14-8-10-23(11-9-14)19-21-15(2)12-17(22-19)18(24)20-13-16-6-4-3-5-7-16/h3-7,12,14H,8-11,13H2,1-2H3,(H,20,24). The van der Waals surface area contributed by atoms with Gasteiger partial charge in [-0.3, -0.25) is 4.79 Å². The summed E-state index contributed by atoms with van der Waals surface area (Å²) in [5.74, 6) is 1.27. The Bertz CT molecular complexity index is 694. The molecule has 2 heterocycles. The molecule has 5 heteroatoms. The lowest BCUT2D eigenvalue weighted by atomic mass is 10.00. The number of nitrogens with zero attached hydrogens (tertiary/aromatic N) is 3. The summed E-state index contributed by atoms with van der Waals surface area (Å²) in [6.07, 6.45) is 2.29. The molecular weight excluding hydrogens is 300 g/mol. The van der Waals surface area contributed by atoms with Gasteiger partial charge in [-0.1, -0.05) is 37.3 Å². The van der Waals surface area contributed by atoms with Crippen molar-refractivity contribution in [1.82, 2.24) is 15.3 Å². The van der Waals surface area contributed by atoms with Crippen LogP contribution in [0.2, 0.25) is 0 Å². The molecule has 5 nitrogen and oxygen atoms in total. The van der Waals surface area contributed by atoms with Gasteiger partial charge < -0.3 is 10.2 Å². The van der Waals surface area contributed by atoms with Gasteiger partial charge >= 0.3 is 0 Å². The third-order valence-electron chi connectivity index (χ3n) is 4.44. The lowest BCUT2D eigenvalue weighted by Gasteiger charge is -2.30. The van der Waals surface area contributed by atoms with E-state index in [9.17, 15) is 4.79 Å². The number of aryl methyl sites for hydroxylation is 1. The predicted molar refractivity (Wildman–Crippen MR) is 95.0 cm³/mol. The fourth-order valence-corrected chi connectivity index (χ4v) is 2.89. The first kappa shape index (κ1) is 16.4. The summed E-state index contributed by atoms with van der Waals surface area (Å²) in [5.41, 5.74) is 2.33. The van der Waals surface area contributed by atoms with Gasteiger partial charge in [-0.2, -0.15) is 0 Å². The number of anilines is 1. The molecule has 0 bridgehead atoms. The molecule has 1 N–H and O–H groups in total. The van der Waals surface area contributed by atoms with E-state index in [1.165, 1.54) is 0 Å². The van der Waals surface area contributed by atoms with E-state index in [1.807, 2.05) is 37.3 Å². The van der Waals surface area contributed by atoms with Crippen molar-refractivity contribution in [3.05, 3.63) is 53.3 Å². The Morgan fingerprint density at radius 1 is 1.21 bits per heavy atom. The second kappa shape index (κ2) is 7.43. The number of amides is 1. The number of carbonyl (C=O) groups is 1. The fourth-order valence-electron chi connectivity index (χ4n) is 2.89. The van der Waals surface area contributed by atoms with Crippen LogP contribution in [-0.4, -0.2) is 29.0 Å². The normalized spacial score (nSPS) is 15.3. The van der Waals surface area contributed by atoms with Crippen LogP contribution in [0.3, 0.4) is 0 Å². The van der Waals surface area contributed by atoms with Gasteiger partial charge in [-0.25, -0.2) is 9.97 Å². The third kappa shape index (κ3) is 4.10. The molecule has 1 fully saturated rings. The van der Waals surface area contributed by atoms with Crippen molar-refractivity contribution in [2.24, 2.45) is 5.92 Å². The number of rotatable bonds is 4. The maximum Gasteiger partial charge on any atom is 0.270 e. The largest absolute Gasteiger partial charge is 0.347 e. The van der Waals surface area contributed by atoms with Gasteiger partial charge in [0.15, 0.2) is 0 Å². The maximum absolute atomic E-state index is 12.4. The van der Waals surface area contributed by atoms with Crippen LogP contribution in [0.5, 0.6) is 0 Å². The molecule has 1 aliphatic rings. The van der Waals surface area contributed by atoms with Crippen molar-refractivity contribution in [3.8, 4) is 0 Å². The second-order valence-electron chi connectivity index (χ2n) is 6.53. The summed E-state index contributed by atoms with van der Waals surface area (Å²) in [4.78, 5) is 23.6. The Hall–Kier alpha value is -2.43. The molecule has 0 atom stereocenters. The lowest BCUT2D eigenvalue weighted by molar-refractivity contribution is 0.0945. The van der Waals surface area contributed by atoms with E-state index in [-0.39, 0.29) is 5.91 Å². The van der Waals surface area contributed by atoms with Crippen molar-refractivity contribution in [2.75, 3.05) is 18.0 Å². The number of aromatic nitrogens is 2. The molecule has 1 saturated heterocycles. The van der Waals surface area contributed by atoms with E-state index in [0.29, 0.717) is 18.2 Å². The monoisotopic (exact) mass is 324 g/mol. The highest BCUT2D eigenvalue weighted by Crippen LogP contribution is 2.20. The van der Waals surface area contributed by atoms with Crippen LogP contribution in [0.1, 0.15) is 41.5 Å². The van der Waals surface area contributed by atoms with E-state index in [1.54, 1.807) is 6.07 Å². The summed E-state index contributed by atoms with van der Waals surface area (Å²) < 4.78 is 0. The second-order valence-corrected chi connectivity index (χ2v) is 6.53. The Labute approximate surface area is 143 Å². The molecule has 1 aromatic heterocycles. The van der Waals surface area contributed by atoms with Gasteiger partial charge in [0.2, 0.25) is 5.95 Å². The van der Waals surface area contributed by atoms with E-state index < -0.39 is 0 Å². The molecule has 1 aliphatic heterocycles. The minimum Gasteiger partial charge on any atom is -0.347 e. The first-order chi connectivity index (χ1) is 11.6. The topological polar surface area (TPSA) is 58.1 Å². The Kier molecular flexibility index (Phi) is 5.08. The summed E-state index contributed by atoms with van der Waals surface area (Å²) >= 11 is 0. The van der Waals surface area contributed by atoms with E-state index in [0.717, 1.165) is 43.1 Å². The van der Waals surface area contributed by atoms with Crippen molar-refractivity contribution >= 4 is 11.9 Å². The van der Waals surface area contributed by atoms with Gasteiger partial charge in [0, 0.05) is 25.3 Å². The molecule has 0 radical (unpaired) electrons. The minimum atomic E-state index is -0.156. The molecule has 0 spiro atoms. The Morgan fingerprint density at radius 3 is 2.62 bits per heavy atom. The number of nitrogens with one attached hydrogen (secondary N) is 1. The van der Waals surface area contributed by atoms with Gasteiger partial charge in [-0.05, 0) is 37.3 Å². The van der Waals surface area contributed by atoms with Gasteiger partial charge in [-0.15, -0.1) is 0 Å². The van der Waals surface area contributed by atoms with Crippen molar-refractivity contribution in [2.45, 2.75) is 33.2 Å². The zero-order valence-electron chi connectivity index (χ0n) is 14.3. The van der Waals surface area contributed by atoms with Gasteiger partial charge in [0.1, 0.15) is 5.69 Å². The fraction of sp³-hybridized carbons (Fsp3) is 0.421. The number of hydrogen-bond acceptors (Lipinski definition) is 4. The van der Waals surface area contributed by atoms with Crippen LogP contribution < -0.4 is 10.2 Å². The van der Waals surface area contributed by atoms with E-state index in [4.69, 9.17) is 0 Å². The molecule has 0 unspecified atom stereocenters. The highest BCUT2D eigenvalue weighted by molar-refractivity contribution is 5.92. The third-order valence-corrected chi connectivity index (χ3v) is 4.44. The predicted octanol–water partition coefficient (Wildman–Crippen LogP) is 2.95. The molecule has 126 valence electrons. The van der Waals surface area contributed by atoms with Crippen LogP contribution in [0.15, 0.2) is 36.4 Å². The molecule has 24 heavy (non-hydrogen) atoms. The zero-order valence-corrected chi connectivity index (χ0v) is 14.3. The Morgan fingerprint density at radius 2 is 1.92 bits per heavy atom. The molecular formula is C19H24N4O. The summed E-state index contributed by atoms with van der Waals surface area (Å²) in [5, 5.41) is 2.93. The first-order valence-electron chi connectivity index (χ1n) is 8.54. The smallest absolute Gasteiger partial charge is 0.270 e. The minimum absolute atomic E-state index is 0.156. The quantitative estimate of drug-likeness (QED) is 0.939. The lowest BCUT2D eigenvalue weighted by Crippen LogP contribution is -2.35. The van der Waals surface area contributed by atoms with Crippen LogP contribution in [0.4, 0.5) is 5.95 Å². The molecule has 1 amide bonds. The number of carbonyl (C=O) groups excluding carboxylic acids is 1. The summed E-state index contributed by atoms with van der Waals surface area (Å²) in [7, 11) is 0. The Balaban J connectivity index is 1.69. The first-order valence-corrected chi connectivity index (χ1v) is 8.54. The molecule has 0 aliphatic carbocycles. The van der Waals surface area contributed by atoms with Crippen LogP contribution in [0, 0.1) is 12.8 Å². The van der Waals surface area contributed by atoms with Gasteiger partial charge in [0.25, 0.3) is 5.91 Å². The number of hydrogen-bond donors (Lipinski definition) is 1. The molecule has 3 rings (SSSR count). The summed E-state index contributed by atoms with van der Waals surface area (Å²) in [6, 6.07) is 11.6. The van der Waals surface area contributed by atoms with Crippen molar-refractivity contribution < 1.29 is 4.79 Å². The average Bonchev–Trinajstić information content (AvgIpc) is 2.60. The van der Waals surface area contributed by atoms with E-state index in [2.05, 4.69) is 27.1 Å². The van der Waals surface area contributed by atoms with Crippen LogP contribution in [-0.2, 0) is 6.54 Å². The van der Waals surface area contributed by atoms with Gasteiger partial charge in [0.05, 0.1) is 0 Å². The molecule has 1 aromatic carbocycles. The van der Waals surface area contributed by atoms with Crippen molar-refractivity contribution in [3.63, 3.8) is 0 Å².